The number of benzene rings is 2. The molecule has 6 nitrogen and oxygen atoms in total. The molecule has 1 aliphatic heterocycles. The van der Waals surface area contributed by atoms with E-state index >= 15 is 0 Å². The molecule has 2 aromatic carbocycles. The lowest BCUT2D eigenvalue weighted by Gasteiger charge is -2.32. The predicted octanol–water partition coefficient (Wildman–Crippen LogP) is 3.71. The molecule has 0 saturated carbocycles. The minimum atomic E-state index is -0.115. The van der Waals surface area contributed by atoms with Crippen molar-refractivity contribution in [2.75, 3.05) is 27.2 Å². The van der Waals surface area contributed by atoms with E-state index in [9.17, 15) is 9.59 Å². The van der Waals surface area contributed by atoms with E-state index in [-0.39, 0.29) is 23.9 Å². The Bertz CT molecular complexity index is 851. The molecular formula is C23H29N3O3. The zero-order valence-electron chi connectivity index (χ0n) is 17.3. The van der Waals surface area contributed by atoms with Gasteiger partial charge < -0.3 is 20.3 Å². The Morgan fingerprint density at radius 2 is 1.93 bits per heavy atom. The molecule has 0 bridgehead atoms. The number of ether oxygens (including phenoxy) is 1. The summed E-state index contributed by atoms with van der Waals surface area (Å²) >= 11 is 0. The fourth-order valence-corrected chi connectivity index (χ4v) is 3.78. The number of nitrogens with one attached hydrogen (secondary N) is 2. The van der Waals surface area contributed by atoms with Crippen molar-refractivity contribution in [3.63, 3.8) is 0 Å². The molecular weight excluding hydrogens is 366 g/mol. The number of hydrogen-bond acceptors (Lipinski definition) is 3. The largest absolute Gasteiger partial charge is 0.497 e. The Morgan fingerprint density at radius 3 is 2.62 bits per heavy atom. The third-order valence-electron chi connectivity index (χ3n) is 5.51. The van der Waals surface area contributed by atoms with Gasteiger partial charge in [0.05, 0.1) is 13.2 Å². The minimum absolute atomic E-state index is 0.0445. The maximum Gasteiger partial charge on any atom is 0.317 e. The number of carbonyl (C=O) groups excluding carboxylic acids is 2. The van der Waals surface area contributed by atoms with Gasteiger partial charge in [0, 0.05) is 31.6 Å². The number of piperidine rings is 1. The summed E-state index contributed by atoms with van der Waals surface area (Å²) in [7, 11) is 3.29. The molecule has 0 aliphatic carbocycles. The van der Waals surface area contributed by atoms with Gasteiger partial charge in [-0.05, 0) is 55.2 Å². The Kier molecular flexibility index (Phi) is 6.75. The molecule has 1 aliphatic rings. The zero-order chi connectivity index (χ0) is 20.8. The normalized spacial score (nSPS) is 17.3. The van der Waals surface area contributed by atoms with Gasteiger partial charge in [-0.2, -0.15) is 0 Å². The molecule has 1 fully saturated rings. The highest BCUT2D eigenvalue weighted by Gasteiger charge is 2.24. The zero-order valence-corrected chi connectivity index (χ0v) is 17.3. The van der Waals surface area contributed by atoms with E-state index < -0.39 is 0 Å². The number of methoxy groups -OCH3 is 1. The summed E-state index contributed by atoms with van der Waals surface area (Å²) in [4.78, 5) is 26.6. The highest BCUT2D eigenvalue weighted by atomic mass is 16.5. The molecule has 2 N–H and O–H groups in total. The fourth-order valence-electron chi connectivity index (χ4n) is 3.78. The summed E-state index contributed by atoms with van der Waals surface area (Å²) in [5, 5.41) is 5.76. The molecule has 3 amide bonds. The van der Waals surface area contributed by atoms with Crippen LogP contribution in [0.5, 0.6) is 5.75 Å². The van der Waals surface area contributed by atoms with Crippen LogP contribution in [0.15, 0.2) is 48.5 Å². The Balaban J connectivity index is 1.68. The molecule has 6 heteroatoms. The van der Waals surface area contributed by atoms with Gasteiger partial charge in [0.25, 0.3) is 5.91 Å². The summed E-state index contributed by atoms with van der Waals surface area (Å²) in [5.74, 6) is 0.931. The highest BCUT2D eigenvalue weighted by Crippen LogP contribution is 2.27. The smallest absolute Gasteiger partial charge is 0.317 e. The second-order valence-corrected chi connectivity index (χ2v) is 7.43. The van der Waals surface area contributed by atoms with Crippen LogP contribution < -0.4 is 15.4 Å². The van der Waals surface area contributed by atoms with Crippen molar-refractivity contribution in [2.24, 2.45) is 0 Å². The van der Waals surface area contributed by atoms with Gasteiger partial charge in [0.1, 0.15) is 5.75 Å². The van der Waals surface area contributed by atoms with E-state index in [1.165, 1.54) is 0 Å². The third kappa shape index (κ3) is 5.08. The van der Waals surface area contributed by atoms with Crippen molar-refractivity contribution < 1.29 is 14.3 Å². The average molecular weight is 396 g/mol. The van der Waals surface area contributed by atoms with Gasteiger partial charge in [0.2, 0.25) is 0 Å². The third-order valence-corrected chi connectivity index (χ3v) is 5.51. The predicted molar refractivity (Wildman–Crippen MR) is 113 cm³/mol. The van der Waals surface area contributed by atoms with Gasteiger partial charge in [-0.15, -0.1) is 0 Å². The SMILES string of the molecule is CNC(=O)N1CCC[C@H](c2cccc(C(=O)N[C@H](C)c3ccc(OC)cc3)c2)C1. The van der Waals surface area contributed by atoms with Gasteiger partial charge in [-0.1, -0.05) is 24.3 Å². The highest BCUT2D eigenvalue weighted by molar-refractivity contribution is 5.94. The van der Waals surface area contributed by atoms with Crippen LogP contribution in [-0.4, -0.2) is 44.1 Å². The van der Waals surface area contributed by atoms with E-state index in [2.05, 4.69) is 10.6 Å². The van der Waals surface area contributed by atoms with Crippen LogP contribution >= 0.6 is 0 Å². The second-order valence-electron chi connectivity index (χ2n) is 7.43. The van der Waals surface area contributed by atoms with Crippen LogP contribution in [0.3, 0.4) is 0 Å². The average Bonchev–Trinajstić information content (AvgIpc) is 2.78. The maximum absolute atomic E-state index is 12.8. The molecule has 0 unspecified atom stereocenters. The van der Waals surface area contributed by atoms with Crippen LogP contribution in [0.4, 0.5) is 4.79 Å². The van der Waals surface area contributed by atoms with E-state index in [4.69, 9.17) is 4.74 Å². The molecule has 2 aromatic rings. The first-order valence-corrected chi connectivity index (χ1v) is 10.0. The topological polar surface area (TPSA) is 70.7 Å². The lowest BCUT2D eigenvalue weighted by molar-refractivity contribution is 0.0939. The summed E-state index contributed by atoms with van der Waals surface area (Å²) in [6, 6.07) is 15.3. The number of hydrogen-bond donors (Lipinski definition) is 2. The summed E-state index contributed by atoms with van der Waals surface area (Å²) < 4.78 is 5.18. The lowest BCUT2D eigenvalue weighted by atomic mass is 9.89. The molecule has 1 heterocycles. The molecule has 0 spiro atoms. The number of nitrogens with zero attached hydrogens (tertiary/aromatic N) is 1. The van der Waals surface area contributed by atoms with Crippen LogP contribution in [0.1, 0.15) is 53.2 Å². The first-order chi connectivity index (χ1) is 14.0. The lowest BCUT2D eigenvalue weighted by Crippen LogP contribution is -2.43. The monoisotopic (exact) mass is 395 g/mol. The first-order valence-electron chi connectivity index (χ1n) is 10.0. The number of rotatable bonds is 5. The van der Waals surface area contributed by atoms with Crippen molar-refractivity contribution >= 4 is 11.9 Å². The van der Waals surface area contributed by atoms with Crippen molar-refractivity contribution in [2.45, 2.75) is 31.7 Å². The van der Waals surface area contributed by atoms with Gasteiger partial charge in [0.15, 0.2) is 0 Å². The molecule has 3 rings (SSSR count). The molecule has 2 atom stereocenters. The van der Waals surface area contributed by atoms with Crippen LogP contribution in [-0.2, 0) is 0 Å². The van der Waals surface area contributed by atoms with Gasteiger partial charge in [-0.3, -0.25) is 4.79 Å². The van der Waals surface area contributed by atoms with E-state index in [1.54, 1.807) is 14.2 Å². The van der Waals surface area contributed by atoms with E-state index in [1.807, 2.05) is 60.4 Å². The fraction of sp³-hybridized carbons (Fsp3) is 0.391. The minimum Gasteiger partial charge on any atom is -0.497 e. The second kappa shape index (κ2) is 9.45. The quantitative estimate of drug-likeness (QED) is 0.811. The van der Waals surface area contributed by atoms with Crippen LogP contribution in [0.2, 0.25) is 0 Å². The molecule has 0 aromatic heterocycles. The van der Waals surface area contributed by atoms with Crippen LogP contribution in [0, 0.1) is 0 Å². The maximum atomic E-state index is 12.8. The van der Waals surface area contributed by atoms with Crippen molar-refractivity contribution in [1.82, 2.24) is 15.5 Å². The molecule has 29 heavy (non-hydrogen) atoms. The summed E-state index contributed by atoms with van der Waals surface area (Å²) in [5.41, 5.74) is 2.76. The van der Waals surface area contributed by atoms with E-state index in [0.717, 1.165) is 36.3 Å². The number of likely N-dealkylation sites (tertiary alicyclic amines) is 1. The number of urea groups is 1. The van der Waals surface area contributed by atoms with E-state index in [0.29, 0.717) is 12.1 Å². The molecule has 1 saturated heterocycles. The van der Waals surface area contributed by atoms with Crippen molar-refractivity contribution in [3.05, 3.63) is 65.2 Å². The van der Waals surface area contributed by atoms with Gasteiger partial charge in [-0.25, -0.2) is 4.79 Å². The first kappa shape index (κ1) is 20.7. The van der Waals surface area contributed by atoms with Crippen molar-refractivity contribution in [1.29, 1.82) is 0 Å². The van der Waals surface area contributed by atoms with Gasteiger partial charge >= 0.3 is 6.03 Å². The summed E-state index contributed by atoms with van der Waals surface area (Å²) in [6.07, 6.45) is 1.98. The number of carbonyl (C=O) groups is 2. The Morgan fingerprint density at radius 1 is 1.17 bits per heavy atom. The standard InChI is InChI=1S/C23H29N3O3/c1-16(17-9-11-21(29-3)12-10-17)25-22(27)19-7-4-6-18(14-19)20-8-5-13-26(15-20)23(28)24-2/h4,6-7,9-12,14,16,20H,5,8,13,15H2,1-3H3,(H,24,28)(H,25,27)/t16-,20+/m1/s1. The molecule has 0 radical (unpaired) electrons. The van der Waals surface area contributed by atoms with Crippen molar-refractivity contribution in [3.8, 4) is 5.75 Å². The van der Waals surface area contributed by atoms with Crippen LogP contribution in [0.25, 0.3) is 0 Å². The number of amides is 3. The molecule has 154 valence electrons. The Labute approximate surface area is 172 Å². The summed E-state index contributed by atoms with van der Waals surface area (Å²) in [6.45, 7) is 3.41. The Hall–Kier alpha value is -3.02.